The standard InChI is InChI=1S/C24H27ClN2O/c1-16-14-19(10-11-22(16)25)27-24(28)15-17-6-8-18(9-7-17)20-12-13-26-23-5-3-2-4-21(20)23/h2-5,10-14,16-18,22H,6-9,15H2,1H3,(H,27,28). The molecule has 1 aromatic heterocycles. The molecule has 0 aliphatic heterocycles. The summed E-state index contributed by atoms with van der Waals surface area (Å²) in [6, 6.07) is 10.6. The smallest absolute Gasteiger partial charge is 0.224 e. The molecule has 0 spiro atoms. The number of benzene rings is 1. The minimum Gasteiger partial charge on any atom is -0.326 e. The predicted molar refractivity (Wildman–Crippen MR) is 115 cm³/mol. The van der Waals surface area contributed by atoms with Crippen LogP contribution in [0.3, 0.4) is 0 Å². The van der Waals surface area contributed by atoms with Crippen LogP contribution in [0.5, 0.6) is 0 Å². The number of carbonyl (C=O) groups is 1. The van der Waals surface area contributed by atoms with E-state index < -0.39 is 0 Å². The highest BCUT2D eigenvalue weighted by Crippen LogP contribution is 2.39. The van der Waals surface area contributed by atoms with Crippen LogP contribution in [-0.4, -0.2) is 16.3 Å². The minimum absolute atomic E-state index is 0.0141. The van der Waals surface area contributed by atoms with Crippen LogP contribution < -0.4 is 5.32 Å². The van der Waals surface area contributed by atoms with Gasteiger partial charge in [-0.1, -0.05) is 37.3 Å². The largest absolute Gasteiger partial charge is 0.326 e. The molecule has 1 N–H and O–H groups in total. The topological polar surface area (TPSA) is 42.0 Å². The third-order valence-corrected chi connectivity index (χ3v) is 6.67. The van der Waals surface area contributed by atoms with E-state index in [1.54, 1.807) is 0 Å². The van der Waals surface area contributed by atoms with E-state index in [0.29, 0.717) is 18.3 Å². The summed E-state index contributed by atoms with van der Waals surface area (Å²) in [5.41, 5.74) is 3.37. The number of carbonyl (C=O) groups excluding carboxylic acids is 1. The molecule has 0 bridgehead atoms. The number of nitrogens with zero attached hydrogens (tertiary/aromatic N) is 1. The molecule has 4 rings (SSSR count). The van der Waals surface area contributed by atoms with E-state index in [4.69, 9.17) is 11.6 Å². The Labute approximate surface area is 171 Å². The average molecular weight is 395 g/mol. The zero-order chi connectivity index (χ0) is 19.5. The van der Waals surface area contributed by atoms with E-state index in [-0.39, 0.29) is 17.2 Å². The monoisotopic (exact) mass is 394 g/mol. The number of nitrogens with one attached hydrogen (secondary N) is 1. The van der Waals surface area contributed by atoms with Crippen molar-refractivity contribution < 1.29 is 4.79 Å². The first-order valence-corrected chi connectivity index (χ1v) is 10.7. The number of hydrogen-bond donors (Lipinski definition) is 1. The van der Waals surface area contributed by atoms with Gasteiger partial charge in [-0.05, 0) is 67.2 Å². The maximum Gasteiger partial charge on any atom is 0.224 e. The fourth-order valence-corrected chi connectivity index (χ4v) is 4.66. The van der Waals surface area contributed by atoms with Gasteiger partial charge in [0, 0.05) is 23.7 Å². The molecule has 1 amide bonds. The van der Waals surface area contributed by atoms with Gasteiger partial charge in [-0.3, -0.25) is 9.78 Å². The zero-order valence-corrected chi connectivity index (χ0v) is 17.0. The van der Waals surface area contributed by atoms with Crippen molar-refractivity contribution >= 4 is 28.4 Å². The van der Waals surface area contributed by atoms with Gasteiger partial charge < -0.3 is 5.32 Å². The number of pyridine rings is 1. The molecule has 2 aromatic rings. The SMILES string of the molecule is CC1C=C(NC(=O)CC2CCC(c3ccnc4ccccc34)CC2)C=CC1Cl. The summed E-state index contributed by atoms with van der Waals surface area (Å²) in [5, 5.41) is 4.34. The molecule has 0 saturated heterocycles. The molecule has 1 saturated carbocycles. The number of alkyl halides is 1. The van der Waals surface area contributed by atoms with E-state index in [1.807, 2.05) is 30.5 Å². The van der Waals surface area contributed by atoms with Gasteiger partial charge in [0.2, 0.25) is 5.91 Å². The Balaban J connectivity index is 1.32. The summed E-state index contributed by atoms with van der Waals surface area (Å²) in [5.74, 6) is 1.40. The lowest BCUT2D eigenvalue weighted by Gasteiger charge is -2.29. The second-order valence-electron chi connectivity index (χ2n) is 8.17. The highest BCUT2D eigenvalue weighted by atomic mass is 35.5. The summed E-state index contributed by atoms with van der Waals surface area (Å²) in [4.78, 5) is 17.0. The lowest BCUT2D eigenvalue weighted by Crippen LogP contribution is -2.28. The quantitative estimate of drug-likeness (QED) is 0.674. The van der Waals surface area contributed by atoms with Crippen LogP contribution in [0.4, 0.5) is 0 Å². The molecule has 2 aliphatic rings. The third kappa shape index (κ3) is 4.30. The van der Waals surface area contributed by atoms with Crippen LogP contribution >= 0.6 is 11.6 Å². The molecule has 4 heteroatoms. The van der Waals surface area contributed by atoms with E-state index >= 15 is 0 Å². The van der Waals surface area contributed by atoms with Crippen molar-refractivity contribution in [3.05, 3.63) is 66.0 Å². The number of para-hydroxylation sites is 1. The van der Waals surface area contributed by atoms with Crippen molar-refractivity contribution in [2.45, 2.75) is 50.3 Å². The first kappa shape index (κ1) is 19.2. The first-order valence-electron chi connectivity index (χ1n) is 10.3. The van der Waals surface area contributed by atoms with Crippen LogP contribution in [0.15, 0.2) is 60.5 Å². The Morgan fingerprint density at radius 1 is 1.18 bits per heavy atom. The van der Waals surface area contributed by atoms with Gasteiger partial charge in [0.05, 0.1) is 10.9 Å². The van der Waals surface area contributed by atoms with Gasteiger partial charge in [0.25, 0.3) is 0 Å². The van der Waals surface area contributed by atoms with Crippen molar-refractivity contribution in [3.63, 3.8) is 0 Å². The molecular weight excluding hydrogens is 368 g/mol. The van der Waals surface area contributed by atoms with E-state index in [9.17, 15) is 4.79 Å². The van der Waals surface area contributed by atoms with E-state index in [0.717, 1.165) is 36.9 Å². The molecule has 0 radical (unpaired) electrons. The highest BCUT2D eigenvalue weighted by Gasteiger charge is 2.25. The maximum absolute atomic E-state index is 12.5. The van der Waals surface area contributed by atoms with E-state index in [1.165, 1.54) is 10.9 Å². The van der Waals surface area contributed by atoms with Crippen LogP contribution in [-0.2, 0) is 4.79 Å². The van der Waals surface area contributed by atoms with Gasteiger partial charge in [-0.25, -0.2) is 0 Å². The van der Waals surface area contributed by atoms with Crippen LogP contribution in [0.2, 0.25) is 0 Å². The number of hydrogen-bond acceptors (Lipinski definition) is 2. The summed E-state index contributed by atoms with van der Waals surface area (Å²) in [6.45, 7) is 2.07. The van der Waals surface area contributed by atoms with Crippen molar-refractivity contribution in [2.75, 3.05) is 0 Å². The Bertz CT molecular complexity index is 906. The summed E-state index contributed by atoms with van der Waals surface area (Å²) in [6.07, 6.45) is 12.9. The molecular formula is C24H27ClN2O. The lowest BCUT2D eigenvalue weighted by molar-refractivity contribution is -0.121. The Morgan fingerprint density at radius 2 is 1.96 bits per heavy atom. The molecule has 2 atom stereocenters. The van der Waals surface area contributed by atoms with Crippen molar-refractivity contribution in [1.82, 2.24) is 10.3 Å². The summed E-state index contributed by atoms with van der Waals surface area (Å²) < 4.78 is 0. The molecule has 1 heterocycles. The normalized spacial score (nSPS) is 27.4. The Hall–Kier alpha value is -2.13. The van der Waals surface area contributed by atoms with Gasteiger partial charge in [0.1, 0.15) is 0 Å². The van der Waals surface area contributed by atoms with Crippen molar-refractivity contribution in [2.24, 2.45) is 11.8 Å². The molecule has 2 unspecified atom stereocenters. The second-order valence-corrected chi connectivity index (χ2v) is 8.68. The number of amides is 1. The Kier molecular flexibility index (Phi) is 5.82. The molecule has 3 nitrogen and oxygen atoms in total. The predicted octanol–water partition coefficient (Wildman–Crippen LogP) is 5.71. The molecule has 1 fully saturated rings. The molecule has 2 aliphatic carbocycles. The second kappa shape index (κ2) is 8.48. The highest BCUT2D eigenvalue weighted by molar-refractivity contribution is 6.22. The van der Waals surface area contributed by atoms with Crippen molar-refractivity contribution in [3.8, 4) is 0 Å². The maximum atomic E-state index is 12.5. The zero-order valence-electron chi connectivity index (χ0n) is 16.3. The van der Waals surface area contributed by atoms with Gasteiger partial charge in [0.15, 0.2) is 0 Å². The average Bonchev–Trinajstić information content (AvgIpc) is 2.71. The third-order valence-electron chi connectivity index (χ3n) is 6.13. The van der Waals surface area contributed by atoms with Gasteiger partial charge >= 0.3 is 0 Å². The molecule has 146 valence electrons. The van der Waals surface area contributed by atoms with Crippen LogP contribution in [0.25, 0.3) is 10.9 Å². The molecule has 28 heavy (non-hydrogen) atoms. The Morgan fingerprint density at radius 3 is 2.75 bits per heavy atom. The van der Waals surface area contributed by atoms with Gasteiger partial charge in [-0.15, -0.1) is 11.6 Å². The van der Waals surface area contributed by atoms with Crippen LogP contribution in [0.1, 0.15) is 50.5 Å². The first-order chi connectivity index (χ1) is 13.6. The number of allylic oxidation sites excluding steroid dienone is 3. The number of rotatable bonds is 4. The van der Waals surface area contributed by atoms with E-state index in [2.05, 4.69) is 41.5 Å². The number of fused-ring (bicyclic) bond motifs is 1. The minimum atomic E-state index is 0.0141. The summed E-state index contributed by atoms with van der Waals surface area (Å²) >= 11 is 6.18. The molecule has 1 aromatic carbocycles. The summed E-state index contributed by atoms with van der Waals surface area (Å²) in [7, 11) is 0. The lowest BCUT2D eigenvalue weighted by atomic mass is 9.77. The van der Waals surface area contributed by atoms with Gasteiger partial charge in [-0.2, -0.15) is 0 Å². The fraction of sp³-hybridized carbons (Fsp3) is 0.417. The van der Waals surface area contributed by atoms with Crippen LogP contribution in [0, 0.1) is 11.8 Å². The number of aromatic nitrogens is 1. The van der Waals surface area contributed by atoms with Crippen molar-refractivity contribution in [1.29, 1.82) is 0 Å². The fourth-order valence-electron chi connectivity index (χ4n) is 4.51. The number of halogens is 1.